The van der Waals surface area contributed by atoms with Gasteiger partial charge in [0, 0.05) is 12.2 Å². The van der Waals surface area contributed by atoms with Crippen molar-refractivity contribution < 1.29 is 18.7 Å². The predicted octanol–water partition coefficient (Wildman–Crippen LogP) is 3.46. The summed E-state index contributed by atoms with van der Waals surface area (Å²) in [6.45, 7) is -0.0466. The lowest BCUT2D eigenvalue weighted by Crippen LogP contribution is -2.46. The summed E-state index contributed by atoms with van der Waals surface area (Å²) in [5.74, 6) is 0.454. The van der Waals surface area contributed by atoms with Crippen molar-refractivity contribution in [3.8, 4) is 0 Å². The summed E-state index contributed by atoms with van der Waals surface area (Å²) < 4.78 is 11.1. The Balaban J connectivity index is 1.34. The number of thioether (sulfide) groups is 1. The minimum atomic E-state index is -0.593. The number of benzene rings is 2. The van der Waals surface area contributed by atoms with Crippen molar-refractivity contribution >= 4 is 34.7 Å². The van der Waals surface area contributed by atoms with E-state index in [1.54, 1.807) is 16.7 Å². The van der Waals surface area contributed by atoms with Crippen LogP contribution in [0, 0.1) is 0 Å². The summed E-state index contributed by atoms with van der Waals surface area (Å²) in [6.07, 6.45) is 1.15. The van der Waals surface area contributed by atoms with Crippen LogP contribution in [-0.4, -0.2) is 33.6 Å². The smallest absolute Gasteiger partial charge is 0.330 e. The average molecular weight is 394 g/mol. The van der Waals surface area contributed by atoms with Gasteiger partial charge in [0.05, 0.1) is 0 Å². The van der Waals surface area contributed by atoms with Gasteiger partial charge in [-0.2, -0.15) is 0 Å². The number of para-hydroxylation sites is 2. The van der Waals surface area contributed by atoms with Crippen LogP contribution >= 0.6 is 11.8 Å². The number of esters is 1. The van der Waals surface area contributed by atoms with E-state index in [-0.39, 0.29) is 12.5 Å². The van der Waals surface area contributed by atoms with Gasteiger partial charge in [0.1, 0.15) is 16.4 Å². The Hall–Kier alpha value is -2.80. The monoisotopic (exact) mass is 394 g/mol. The Morgan fingerprint density at radius 1 is 1.21 bits per heavy atom. The molecule has 2 aliphatic rings. The molecule has 1 aromatic heterocycles. The Morgan fingerprint density at radius 2 is 2.00 bits per heavy atom. The maximum absolute atomic E-state index is 12.8. The number of rotatable bonds is 4. The van der Waals surface area contributed by atoms with Crippen LogP contribution in [0.2, 0.25) is 0 Å². The van der Waals surface area contributed by atoms with Gasteiger partial charge < -0.3 is 14.1 Å². The Labute approximate surface area is 165 Å². The number of ether oxygens (including phenoxy) is 1. The highest BCUT2D eigenvalue weighted by Gasteiger charge is 2.57. The predicted molar refractivity (Wildman–Crippen MR) is 104 cm³/mol. The van der Waals surface area contributed by atoms with Crippen molar-refractivity contribution in [2.24, 2.45) is 0 Å². The number of nitrogens with zero attached hydrogens (tertiary/aromatic N) is 2. The fraction of sp³-hybridized carbons (Fsp3) is 0.286. The molecule has 0 spiro atoms. The number of fused-ring (bicyclic) bond motifs is 2. The van der Waals surface area contributed by atoms with Crippen LogP contribution in [-0.2, 0) is 25.8 Å². The molecule has 2 saturated heterocycles. The molecule has 5 rings (SSSR count). The molecule has 0 N–H and O–H groups in total. The van der Waals surface area contributed by atoms with E-state index < -0.39 is 16.9 Å². The van der Waals surface area contributed by atoms with E-state index in [4.69, 9.17) is 9.15 Å². The lowest BCUT2D eigenvalue weighted by molar-refractivity contribution is -0.155. The van der Waals surface area contributed by atoms with Crippen LogP contribution in [0.5, 0.6) is 0 Å². The fourth-order valence-corrected chi connectivity index (χ4v) is 5.66. The molecule has 28 heavy (non-hydrogen) atoms. The van der Waals surface area contributed by atoms with Crippen molar-refractivity contribution in [3.05, 3.63) is 66.1 Å². The zero-order valence-electron chi connectivity index (χ0n) is 15.0. The lowest BCUT2D eigenvalue weighted by atomic mass is 10.0. The molecule has 3 aromatic rings. The molecule has 2 aromatic carbocycles. The summed E-state index contributed by atoms with van der Waals surface area (Å²) in [6, 6.07) is 16.7. The van der Waals surface area contributed by atoms with Gasteiger partial charge in [-0.25, -0.2) is 9.78 Å². The quantitative estimate of drug-likeness (QED) is 0.631. The standard InChI is InChI=1S/C21H18N2O4S/c24-19-10-11-21(14-6-2-1-3-7-14)23(19)16(13-28-21)20(25)26-12-18-22-15-8-4-5-9-17(15)27-18/h1-9,16H,10-13H2/t16-,21+/m1/s1. The zero-order chi connectivity index (χ0) is 19.1. The number of hydrogen-bond acceptors (Lipinski definition) is 6. The van der Waals surface area contributed by atoms with Crippen LogP contribution in [0.25, 0.3) is 11.1 Å². The van der Waals surface area contributed by atoms with Crippen molar-refractivity contribution in [2.45, 2.75) is 30.4 Å². The Bertz CT molecular complexity index is 1020. The van der Waals surface area contributed by atoms with Gasteiger partial charge in [0.2, 0.25) is 11.8 Å². The molecular weight excluding hydrogens is 376 g/mol. The first-order valence-corrected chi connectivity index (χ1v) is 10.2. The van der Waals surface area contributed by atoms with Gasteiger partial charge in [0.15, 0.2) is 12.2 Å². The molecule has 6 nitrogen and oxygen atoms in total. The maximum Gasteiger partial charge on any atom is 0.330 e. The van der Waals surface area contributed by atoms with Gasteiger partial charge in [-0.05, 0) is 24.1 Å². The summed E-state index contributed by atoms with van der Waals surface area (Å²) in [5.41, 5.74) is 2.44. The summed E-state index contributed by atoms with van der Waals surface area (Å²) in [4.78, 5) is 31.0. The van der Waals surface area contributed by atoms with Crippen molar-refractivity contribution in [2.75, 3.05) is 5.75 Å². The van der Waals surface area contributed by atoms with Crippen LogP contribution in [0.15, 0.2) is 59.0 Å². The van der Waals surface area contributed by atoms with Crippen LogP contribution < -0.4 is 0 Å². The van der Waals surface area contributed by atoms with Gasteiger partial charge in [-0.3, -0.25) is 4.79 Å². The maximum atomic E-state index is 12.8. The van der Waals surface area contributed by atoms with E-state index in [1.165, 1.54) is 0 Å². The van der Waals surface area contributed by atoms with E-state index in [0.29, 0.717) is 30.1 Å². The highest BCUT2D eigenvalue weighted by molar-refractivity contribution is 8.00. The summed E-state index contributed by atoms with van der Waals surface area (Å²) in [5, 5.41) is 0. The molecule has 2 aliphatic heterocycles. The highest BCUT2D eigenvalue weighted by Crippen LogP contribution is 2.54. The van der Waals surface area contributed by atoms with Gasteiger partial charge in [0.25, 0.3) is 0 Å². The number of carbonyl (C=O) groups excluding carboxylic acids is 2. The van der Waals surface area contributed by atoms with E-state index in [1.807, 2.05) is 54.6 Å². The second-order valence-electron chi connectivity index (χ2n) is 6.92. The minimum absolute atomic E-state index is 0.00216. The van der Waals surface area contributed by atoms with Crippen LogP contribution in [0.1, 0.15) is 24.3 Å². The number of amides is 1. The SMILES string of the molecule is O=C(OCc1nc2ccccc2o1)[C@H]1CS[C@]2(c3ccccc3)CCC(=O)N12. The van der Waals surface area contributed by atoms with E-state index >= 15 is 0 Å². The molecule has 142 valence electrons. The molecule has 7 heteroatoms. The van der Waals surface area contributed by atoms with Crippen LogP contribution in [0.4, 0.5) is 0 Å². The minimum Gasteiger partial charge on any atom is -0.454 e. The van der Waals surface area contributed by atoms with Crippen LogP contribution in [0.3, 0.4) is 0 Å². The highest BCUT2D eigenvalue weighted by atomic mass is 32.2. The summed E-state index contributed by atoms with van der Waals surface area (Å²) in [7, 11) is 0. The third kappa shape index (κ3) is 2.69. The van der Waals surface area contributed by atoms with Gasteiger partial charge in [-0.1, -0.05) is 42.5 Å². The number of aromatic nitrogens is 1. The first-order valence-electron chi connectivity index (χ1n) is 9.20. The third-order valence-corrected chi connectivity index (χ3v) is 6.90. The molecule has 0 aliphatic carbocycles. The topological polar surface area (TPSA) is 72.6 Å². The average Bonchev–Trinajstić information content (AvgIpc) is 3.40. The molecule has 0 saturated carbocycles. The lowest BCUT2D eigenvalue weighted by Gasteiger charge is -2.33. The van der Waals surface area contributed by atoms with E-state index in [9.17, 15) is 9.59 Å². The Morgan fingerprint density at radius 3 is 2.82 bits per heavy atom. The molecule has 1 amide bonds. The second kappa shape index (κ2) is 6.67. The first-order chi connectivity index (χ1) is 13.7. The van der Waals surface area contributed by atoms with Crippen molar-refractivity contribution in [3.63, 3.8) is 0 Å². The third-order valence-electron chi connectivity index (χ3n) is 5.30. The molecule has 3 heterocycles. The largest absolute Gasteiger partial charge is 0.454 e. The van der Waals surface area contributed by atoms with Gasteiger partial charge >= 0.3 is 5.97 Å². The molecule has 0 unspecified atom stereocenters. The number of oxazole rings is 1. The molecule has 0 radical (unpaired) electrons. The van der Waals surface area contributed by atoms with Gasteiger partial charge in [-0.15, -0.1) is 11.8 Å². The number of carbonyl (C=O) groups is 2. The van der Waals surface area contributed by atoms with Crippen molar-refractivity contribution in [1.29, 1.82) is 0 Å². The van der Waals surface area contributed by atoms with E-state index in [0.717, 1.165) is 11.1 Å². The normalized spacial score (nSPS) is 23.9. The van der Waals surface area contributed by atoms with E-state index in [2.05, 4.69) is 4.98 Å². The first kappa shape index (κ1) is 17.3. The second-order valence-corrected chi connectivity index (χ2v) is 8.22. The molecule has 2 atom stereocenters. The fourth-order valence-electron chi connectivity index (χ4n) is 4.03. The number of hydrogen-bond donors (Lipinski definition) is 0. The van der Waals surface area contributed by atoms with Crippen molar-refractivity contribution in [1.82, 2.24) is 9.88 Å². The summed E-state index contributed by atoms with van der Waals surface area (Å²) >= 11 is 1.64. The molecule has 0 bridgehead atoms. The molecular formula is C21H18N2O4S. The zero-order valence-corrected chi connectivity index (χ0v) is 15.9. The Kier molecular flexibility index (Phi) is 4.12. The molecule has 2 fully saturated rings.